The van der Waals surface area contributed by atoms with Crippen molar-refractivity contribution in [3.63, 3.8) is 0 Å². The molecule has 1 saturated heterocycles. The Morgan fingerprint density at radius 1 is 0.979 bits per heavy atom. The van der Waals surface area contributed by atoms with E-state index in [-0.39, 0.29) is 37.9 Å². The van der Waals surface area contributed by atoms with Crippen LogP contribution in [0.15, 0.2) is 41.8 Å². The van der Waals surface area contributed by atoms with E-state index in [1.165, 1.54) is 28.3 Å². The molecule has 19 heteroatoms. The first kappa shape index (κ1) is 35.6. The zero-order valence-corrected chi connectivity index (χ0v) is 27.0. The number of hydrogen-bond donors (Lipinski definition) is 1. The molecule has 47 heavy (non-hydrogen) atoms. The first-order chi connectivity index (χ1) is 21.9. The average molecular weight is 689 g/mol. The number of halogens is 6. The van der Waals surface area contributed by atoms with Gasteiger partial charge in [-0.15, -0.1) is 0 Å². The molecule has 1 aliphatic rings. The van der Waals surface area contributed by atoms with Gasteiger partial charge in [-0.25, -0.2) is 14.6 Å². The Labute approximate surface area is 266 Å². The molecule has 0 radical (unpaired) electrons. The number of alkyl halides is 6. The maximum absolute atomic E-state index is 13.9. The Hall–Kier alpha value is -4.26. The molecule has 1 atom stereocenters. The summed E-state index contributed by atoms with van der Waals surface area (Å²) in [5, 5.41) is 6.49. The van der Waals surface area contributed by atoms with Crippen molar-refractivity contribution >= 4 is 31.3 Å². The van der Waals surface area contributed by atoms with Gasteiger partial charge in [0.05, 0.1) is 41.6 Å². The van der Waals surface area contributed by atoms with Crippen molar-refractivity contribution in [2.24, 2.45) is 0 Å². The molecule has 0 saturated carbocycles. The van der Waals surface area contributed by atoms with Crippen molar-refractivity contribution in [1.29, 1.82) is 0 Å². The van der Waals surface area contributed by atoms with Crippen LogP contribution in [0.4, 0.5) is 43.7 Å². The Balaban J connectivity index is 1.36. The van der Waals surface area contributed by atoms with E-state index in [1.54, 1.807) is 6.92 Å². The van der Waals surface area contributed by atoms with Crippen LogP contribution in [0.3, 0.4) is 0 Å². The second kappa shape index (κ2) is 14.2. The summed E-state index contributed by atoms with van der Waals surface area (Å²) in [5.41, 5.74) is -3.88. The summed E-state index contributed by atoms with van der Waals surface area (Å²) in [6.45, 7) is 7.85. The van der Waals surface area contributed by atoms with E-state index in [2.05, 4.69) is 45.0 Å². The summed E-state index contributed by atoms with van der Waals surface area (Å²) in [5.74, 6) is -0.190. The lowest BCUT2D eigenvalue weighted by Gasteiger charge is -2.34. The third kappa shape index (κ3) is 9.63. The summed E-state index contributed by atoms with van der Waals surface area (Å²) < 4.78 is 92.0. The van der Waals surface area contributed by atoms with Crippen molar-refractivity contribution in [3.8, 4) is 5.75 Å². The van der Waals surface area contributed by atoms with Crippen LogP contribution in [0.25, 0.3) is 0 Å². The number of rotatable bonds is 12. The number of aromatic nitrogens is 5. The van der Waals surface area contributed by atoms with Crippen LogP contribution >= 0.6 is 0 Å². The van der Waals surface area contributed by atoms with Gasteiger partial charge >= 0.3 is 12.4 Å². The molecular formula is C28H34F6N8O4Si. The number of piperazine rings is 1. The first-order valence-corrected chi connectivity index (χ1v) is 18.2. The largest absolute Gasteiger partial charge is 0.490 e. The number of carbonyl (C=O) groups excluding carboxylic acids is 1. The molecule has 1 fully saturated rings. The number of carbonyl (C=O) groups is 1. The fraction of sp³-hybridized carbons (Fsp3) is 0.500. The van der Waals surface area contributed by atoms with Gasteiger partial charge in [-0.2, -0.15) is 31.4 Å². The molecule has 3 aromatic rings. The number of anilines is 3. The lowest BCUT2D eigenvalue weighted by molar-refractivity contribution is -0.139. The standard InChI is InChI=1S/C28H34F6N8O4Si/c1-18(39-22-14-38-42(17-45-7-8-47(2,3)4)25(44)24(22)28(32,33)34)16-46-21-9-20(12-35-13-21)41-6-5-40(15-23(41)43)26-36-10-19(11-37-26)27(29,30)31/h9-14,18,39H,5-8,15-17H2,1-4H3. The summed E-state index contributed by atoms with van der Waals surface area (Å²) in [4.78, 5) is 40.0. The van der Waals surface area contributed by atoms with Crippen molar-refractivity contribution in [2.45, 2.75) is 57.7 Å². The lowest BCUT2D eigenvalue weighted by Crippen LogP contribution is -2.51. The smallest absolute Gasteiger partial charge is 0.423 e. The molecule has 0 bridgehead atoms. The summed E-state index contributed by atoms with van der Waals surface area (Å²) in [6.07, 6.45) is -4.54. The van der Waals surface area contributed by atoms with E-state index >= 15 is 0 Å². The van der Waals surface area contributed by atoms with Crippen LogP contribution < -0.4 is 25.4 Å². The number of ether oxygens (including phenoxy) is 2. The molecule has 12 nitrogen and oxygen atoms in total. The number of hydrogen-bond acceptors (Lipinski definition) is 10. The number of nitrogens with zero attached hydrogens (tertiary/aromatic N) is 7. The normalized spacial score (nSPS) is 15.1. The highest BCUT2D eigenvalue weighted by Gasteiger charge is 2.39. The van der Waals surface area contributed by atoms with Crippen molar-refractivity contribution in [2.75, 3.05) is 48.0 Å². The predicted molar refractivity (Wildman–Crippen MR) is 162 cm³/mol. The highest BCUT2D eigenvalue weighted by atomic mass is 28.3. The zero-order valence-electron chi connectivity index (χ0n) is 26.0. The summed E-state index contributed by atoms with van der Waals surface area (Å²) >= 11 is 0. The Morgan fingerprint density at radius 2 is 1.68 bits per heavy atom. The maximum atomic E-state index is 13.9. The molecule has 0 aromatic carbocycles. The van der Waals surface area contributed by atoms with Gasteiger partial charge in [-0.3, -0.25) is 14.6 Å². The van der Waals surface area contributed by atoms with Crippen LogP contribution in [-0.2, 0) is 28.6 Å². The molecule has 1 N–H and O–H groups in total. The fourth-order valence-electron chi connectivity index (χ4n) is 4.40. The van der Waals surface area contributed by atoms with Gasteiger partial charge in [-0.1, -0.05) is 19.6 Å². The SMILES string of the molecule is CC(COc1cncc(N2CCN(c3ncc(C(F)(F)F)cn3)CC2=O)c1)Nc1cnn(COCC[Si](C)(C)C)c(=O)c1C(F)(F)F. The highest BCUT2D eigenvalue weighted by Crippen LogP contribution is 2.32. The quantitative estimate of drug-likeness (QED) is 0.165. The lowest BCUT2D eigenvalue weighted by atomic mass is 10.2. The molecule has 1 aliphatic heterocycles. The zero-order chi connectivity index (χ0) is 34.6. The van der Waals surface area contributed by atoms with Gasteiger partial charge in [0.25, 0.3) is 5.56 Å². The maximum Gasteiger partial charge on any atom is 0.423 e. The third-order valence-electron chi connectivity index (χ3n) is 6.92. The van der Waals surface area contributed by atoms with Crippen molar-refractivity contribution in [3.05, 3.63) is 58.5 Å². The Morgan fingerprint density at radius 3 is 2.30 bits per heavy atom. The minimum absolute atomic E-state index is 0.0188. The van der Waals surface area contributed by atoms with Crippen molar-refractivity contribution in [1.82, 2.24) is 24.7 Å². The Kier molecular flexibility index (Phi) is 10.8. The van der Waals surface area contributed by atoms with Gasteiger partial charge < -0.3 is 24.6 Å². The third-order valence-corrected chi connectivity index (χ3v) is 8.62. The van der Waals surface area contributed by atoms with Crippen LogP contribution in [-0.4, -0.2) is 77.6 Å². The second-order valence-corrected chi connectivity index (χ2v) is 17.7. The number of amides is 1. The molecule has 4 heterocycles. The van der Waals surface area contributed by atoms with E-state index in [0.29, 0.717) is 29.4 Å². The molecule has 256 valence electrons. The second-order valence-electron chi connectivity index (χ2n) is 12.1. The average Bonchev–Trinajstić information content (AvgIpc) is 2.98. The van der Waals surface area contributed by atoms with Crippen LogP contribution in [0.5, 0.6) is 5.75 Å². The molecule has 1 amide bonds. The van der Waals surface area contributed by atoms with Crippen LogP contribution in [0, 0.1) is 0 Å². The minimum atomic E-state index is -4.96. The topological polar surface area (TPSA) is 128 Å². The Bertz CT molecular complexity index is 1600. The summed E-state index contributed by atoms with van der Waals surface area (Å²) in [7, 11) is -1.43. The summed E-state index contributed by atoms with van der Waals surface area (Å²) in [6, 6.07) is 1.57. The minimum Gasteiger partial charge on any atom is -0.490 e. The monoisotopic (exact) mass is 688 g/mol. The molecular weight excluding hydrogens is 654 g/mol. The van der Waals surface area contributed by atoms with Crippen LogP contribution in [0.1, 0.15) is 18.1 Å². The van der Waals surface area contributed by atoms with Gasteiger partial charge in [0.15, 0.2) is 0 Å². The predicted octanol–water partition coefficient (Wildman–Crippen LogP) is 4.51. The van der Waals surface area contributed by atoms with Gasteiger partial charge in [0.2, 0.25) is 11.9 Å². The number of pyridine rings is 1. The van der Waals surface area contributed by atoms with Gasteiger partial charge in [0.1, 0.15) is 31.2 Å². The molecule has 3 aromatic heterocycles. The van der Waals surface area contributed by atoms with Gasteiger partial charge in [0, 0.05) is 46.2 Å². The molecule has 0 aliphatic carbocycles. The van der Waals surface area contributed by atoms with E-state index in [0.717, 1.165) is 12.2 Å². The highest BCUT2D eigenvalue weighted by molar-refractivity contribution is 6.76. The van der Waals surface area contributed by atoms with E-state index in [4.69, 9.17) is 9.47 Å². The van der Waals surface area contributed by atoms with Gasteiger partial charge in [-0.05, 0) is 13.0 Å². The number of nitrogens with one attached hydrogen (secondary N) is 1. The van der Waals surface area contributed by atoms with E-state index in [1.807, 2.05) is 0 Å². The molecule has 0 spiro atoms. The van der Waals surface area contributed by atoms with Crippen LogP contribution in [0.2, 0.25) is 25.7 Å². The molecule has 4 rings (SSSR count). The van der Waals surface area contributed by atoms with E-state index < -0.39 is 61.5 Å². The van der Waals surface area contributed by atoms with Crippen molar-refractivity contribution < 1.29 is 40.6 Å². The first-order valence-electron chi connectivity index (χ1n) is 14.5. The molecule has 1 unspecified atom stereocenters. The van der Waals surface area contributed by atoms with E-state index in [9.17, 15) is 35.9 Å². The fourth-order valence-corrected chi connectivity index (χ4v) is 5.16.